The standard InChI is InChI=1S/C13H26N2O2/c1-4-11(5-2)15-13(17)9(3)14-8-12(16)10-6-7-10/h9-12,14,16H,4-8H2,1-3H3,(H,15,17). The summed E-state index contributed by atoms with van der Waals surface area (Å²) in [7, 11) is 0. The van der Waals surface area contributed by atoms with E-state index in [9.17, 15) is 9.90 Å². The van der Waals surface area contributed by atoms with Crippen molar-refractivity contribution in [2.24, 2.45) is 5.92 Å². The maximum Gasteiger partial charge on any atom is 0.237 e. The predicted molar refractivity (Wildman–Crippen MR) is 68.7 cm³/mol. The molecule has 2 unspecified atom stereocenters. The predicted octanol–water partition coefficient (Wildman–Crippen LogP) is 1.04. The van der Waals surface area contributed by atoms with Gasteiger partial charge in [-0.3, -0.25) is 4.79 Å². The van der Waals surface area contributed by atoms with Gasteiger partial charge >= 0.3 is 0 Å². The second kappa shape index (κ2) is 6.97. The minimum Gasteiger partial charge on any atom is -0.392 e. The topological polar surface area (TPSA) is 61.4 Å². The van der Waals surface area contributed by atoms with Crippen LogP contribution in [-0.4, -0.2) is 35.7 Å². The number of aliphatic hydroxyl groups excluding tert-OH is 1. The molecule has 0 bridgehead atoms. The molecule has 3 N–H and O–H groups in total. The monoisotopic (exact) mass is 242 g/mol. The van der Waals surface area contributed by atoms with E-state index >= 15 is 0 Å². The summed E-state index contributed by atoms with van der Waals surface area (Å²) in [6.07, 6.45) is 3.87. The van der Waals surface area contributed by atoms with Crippen LogP contribution in [0.4, 0.5) is 0 Å². The lowest BCUT2D eigenvalue weighted by Gasteiger charge is -2.20. The van der Waals surface area contributed by atoms with Crippen molar-refractivity contribution in [2.75, 3.05) is 6.54 Å². The molecule has 0 heterocycles. The molecule has 1 amide bonds. The lowest BCUT2D eigenvalue weighted by molar-refractivity contribution is -0.123. The number of nitrogens with one attached hydrogen (secondary N) is 2. The molecule has 0 radical (unpaired) electrons. The molecular formula is C13H26N2O2. The second-order valence-corrected chi connectivity index (χ2v) is 5.06. The van der Waals surface area contributed by atoms with Gasteiger partial charge in [0, 0.05) is 12.6 Å². The Kier molecular flexibility index (Phi) is 5.92. The summed E-state index contributed by atoms with van der Waals surface area (Å²) in [5, 5.41) is 15.8. The van der Waals surface area contributed by atoms with Crippen LogP contribution >= 0.6 is 0 Å². The van der Waals surface area contributed by atoms with Crippen LogP contribution in [0, 0.1) is 5.92 Å². The van der Waals surface area contributed by atoms with Crippen molar-refractivity contribution in [1.82, 2.24) is 10.6 Å². The summed E-state index contributed by atoms with van der Waals surface area (Å²) in [4.78, 5) is 11.8. The third-order valence-electron chi connectivity index (χ3n) is 3.52. The molecule has 1 aliphatic carbocycles. The van der Waals surface area contributed by atoms with Gasteiger partial charge in [-0.05, 0) is 38.5 Å². The number of carbonyl (C=O) groups excluding carboxylic acids is 1. The van der Waals surface area contributed by atoms with Gasteiger partial charge < -0.3 is 15.7 Å². The van der Waals surface area contributed by atoms with E-state index in [0.717, 1.165) is 25.7 Å². The minimum atomic E-state index is -0.293. The van der Waals surface area contributed by atoms with Gasteiger partial charge in [0.05, 0.1) is 12.1 Å². The SMILES string of the molecule is CCC(CC)NC(=O)C(C)NCC(O)C1CC1. The van der Waals surface area contributed by atoms with Crippen LogP contribution < -0.4 is 10.6 Å². The van der Waals surface area contributed by atoms with Crippen LogP contribution in [0.3, 0.4) is 0 Å². The lowest BCUT2D eigenvalue weighted by atomic mass is 10.1. The molecule has 0 aromatic rings. The van der Waals surface area contributed by atoms with Crippen molar-refractivity contribution in [2.45, 2.75) is 64.6 Å². The molecule has 1 saturated carbocycles. The van der Waals surface area contributed by atoms with E-state index in [0.29, 0.717) is 12.5 Å². The molecule has 0 aromatic heterocycles. The number of rotatable bonds is 8. The maximum absolute atomic E-state index is 11.8. The lowest BCUT2D eigenvalue weighted by Crippen LogP contribution is -2.47. The van der Waals surface area contributed by atoms with Gasteiger partial charge in [0.25, 0.3) is 0 Å². The first kappa shape index (κ1) is 14.5. The fourth-order valence-corrected chi connectivity index (χ4v) is 1.86. The number of carbonyl (C=O) groups is 1. The largest absolute Gasteiger partial charge is 0.392 e. The van der Waals surface area contributed by atoms with Gasteiger partial charge in [0.1, 0.15) is 0 Å². The zero-order valence-corrected chi connectivity index (χ0v) is 11.2. The van der Waals surface area contributed by atoms with Crippen molar-refractivity contribution in [3.8, 4) is 0 Å². The maximum atomic E-state index is 11.8. The minimum absolute atomic E-state index is 0.0293. The molecule has 4 nitrogen and oxygen atoms in total. The van der Waals surface area contributed by atoms with Crippen molar-refractivity contribution < 1.29 is 9.90 Å². The van der Waals surface area contributed by atoms with Gasteiger partial charge in [-0.15, -0.1) is 0 Å². The molecule has 4 heteroatoms. The Balaban J connectivity index is 2.20. The third kappa shape index (κ3) is 5.04. The molecule has 100 valence electrons. The van der Waals surface area contributed by atoms with Crippen molar-refractivity contribution in [1.29, 1.82) is 0 Å². The highest BCUT2D eigenvalue weighted by molar-refractivity contribution is 5.81. The average Bonchev–Trinajstić information content (AvgIpc) is 3.16. The molecule has 1 rings (SSSR count). The van der Waals surface area contributed by atoms with Crippen molar-refractivity contribution >= 4 is 5.91 Å². The zero-order chi connectivity index (χ0) is 12.8. The van der Waals surface area contributed by atoms with E-state index in [4.69, 9.17) is 0 Å². The van der Waals surface area contributed by atoms with Crippen LogP contribution in [0.2, 0.25) is 0 Å². The summed E-state index contributed by atoms with van der Waals surface area (Å²) in [5.74, 6) is 0.485. The Morgan fingerprint density at radius 2 is 1.94 bits per heavy atom. The number of hydrogen-bond donors (Lipinski definition) is 3. The van der Waals surface area contributed by atoms with Crippen LogP contribution in [0.25, 0.3) is 0 Å². The summed E-state index contributed by atoms with van der Waals surface area (Å²) in [6.45, 7) is 6.51. The van der Waals surface area contributed by atoms with Gasteiger partial charge in [-0.25, -0.2) is 0 Å². The number of hydrogen-bond acceptors (Lipinski definition) is 3. The Morgan fingerprint density at radius 1 is 1.35 bits per heavy atom. The van der Waals surface area contributed by atoms with Gasteiger partial charge in [-0.2, -0.15) is 0 Å². The van der Waals surface area contributed by atoms with E-state index in [1.807, 2.05) is 6.92 Å². The number of aliphatic hydroxyl groups is 1. The van der Waals surface area contributed by atoms with Crippen LogP contribution in [0.5, 0.6) is 0 Å². The van der Waals surface area contributed by atoms with E-state index < -0.39 is 0 Å². The fourth-order valence-electron chi connectivity index (χ4n) is 1.86. The van der Waals surface area contributed by atoms with Gasteiger partial charge in [0.15, 0.2) is 0 Å². The quantitative estimate of drug-likeness (QED) is 0.596. The molecular weight excluding hydrogens is 216 g/mol. The number of amides is 1. The van der Waals surface area contributed by atoms with Crippen molar-refractivity contribution in [3.63, 3.8) is 0 Å². The summed E-state index contributed by atoms with van der Waals surface area (Å²) >= 11 is 0. The normalized spacial score (nSPS) is 19.1. The average molecular weight is 242 g/mol. The van der Waals surface area contributed by atoms with E-state index in [-0.39, 0.29) is 24.1 Å². The Labute approximate surface area is 104 Å². The molecule has 0 aliphatic heterocycles. The molecule has 0 saturated heterocycles. The fraction of sp³-hybridized carbons (Fsp3) is 0.923. The Morgan fingerprint density at radius 3 is 2.41 bits per heavy atom. The van der Waals surface area contributed by atoms with Crippen LogP contribution in [-0.2, 0) is 4.79 Å². The molecule has 17 heavy (non-hydrogen) atoms. The molecule has 2 atom stereocenters. The summed E-state index contributed by atoms with van der Waals surface area (Å²) in [6, 6.07) is 0.0316. The first-order valence-electron chi connectivity index (χ1n) is 6.80. The molecule has 0 aromatic carbocycles. The van der Waals surface area contributed by atoms with Gasteiger partial charge in [0.2, 0.25) is 5.91 Å². The first-order valence-corrected chi connectivity index (χ1v) is 6.80. The molecule has 0 spiro atoms. The van der Waals surface area contributed by atoms with Gasteiger partial charge in [-0.1, -0.05) is 13.8 Å². The smallest absolute Gasteiger partial charge is 0.237 e. The van der Waals surface area contributed by atoms with Crippen molar-refractivity contribution in [3.05, 3.63) is 0 Å². The highest BCUT2D eigenvalue weighted by Crippen LogP contribution is 2.32. The first-order chi connectivity index (χ1) is 8.08. The highest BCUT2D eigenvalue weighted by atomic mass is 16.3. The van der Waals surface area contributed by atoms with E-state index in [2.05, 4.69) is 24.5 Å². The van der Waals surface area contributed by atoms with Crippen LogP contribution in [0.15, 0.2) is 0 Å². The summed E-state index contributed by atoms with van der Waals surface area (Å²) < 4.78 is 0. The van der Waals surface area contributed by atoms with E-state index in [1.54, 1.807) is 0 Å². The summed E-state index contributed by atoms with van der Waals surface area (Å²) in [5.41, 5.74) is 0. The third-order valence-corrected chi connectivity index (χ3v) is 3.52. The molecule has 1 aliphatic rings. The molecule has 1 fully saturated rings. The zero-order valence-electron chi connectivity index (χ0n) is 11.2. The highest BCUT2D eigenvalue weighted by Gasteiger charge is 2.30. The second-order valence-electron chi connectivity index (χ2n) is 5.06. The Hall–Kier alpha value is -0.610. The van der Waals surface area contributed by atoms with Crippen LogP contribution in [0.1, 0.15) is 46.5 Å². The van der Waals surface area contributed by atoms with E-state index in [1.165, 1.54) is 0 Å². The Bertz CT molecular complexity index is 238.